The molecule has 1 fully saturated rings. The highest BCUT2D eigenvalue weighted by molar-refractivity contribution is 7.09. The molecule has 2 aromatic rings. The van der Waals surface area contributed by atoms with E-state index >= 15 is 0 Å². The van der Waals surface area contributed by atoms with Crippen molar-refractivity contribution in [2.75, 3.05) is 32.8 Å². The predicted octanol–water partition coefficient (Wildman–Crippen LogP) is 2.31. The van der Waals surface area contributed by atoms with Crippen LogP contribution in [0.1, 0.15) is 10.7 Å². The lowest BCUT2D eigenvalue weighted by molar-refractivity contribution is -0.135. The van der Waals surface area contributed by atoms with Crippen molar-refractivity contribution < 1.29 is 13.9 Å². The predicted molar refractivity (Wildman–Crippen MR) is 90.6 cm³/mol. The molecule has 1 aromatic heterocycles. The maximum atomic E-state index is 13.5. The molecule has 1 amide bonds. The van der Waals surface area contributed by atoms with Gasteiger partial charge in [-0.1, -0.05) is 12.1 Å². The molecule has 2 heterocycles. The number of thiazole rings is 1. The summed E-state index contributed by atoms with van der Waals surface area (Å²) < 4.78 is 18.8. The van der Waals surface area contributed by atoms with Gasteiger partial charge in [0.25, 0.3) is 5.91 Å². The molecule has 0 atom stereocenters. The van der Waals surface area contributed by atoms with Gasteiger partial charge >= 0.3 is 0 Å². The lowest BCUT2D eigenvalue weighted by Gasteiger charge is -2.34. The highest BCUT2D eigenvalue weighted by Gasteiger charge is 2.22. The molecule has 0 unspecified atom stereocenters. The van der Waals surface area contributed by atoms with E-state index in [-0.39, 0.29) is 18.3 Å². The summed E-state index contributed by atoms with van der Waals surface area (Å²) in [6.07, 6.45) is 0. The summed E-state index contributed by atoms with van der Waals surface area (Å²) >= 11 is 1.65. The first kappa shape index (κ1) is 16.9. The molecule has 0 aliphatic carbocycles. The molecule has 1 aromatic carbocycles. The van der Waals surface area contributed by atoms with Crippen LogP contribution in [0.15, 0.2) is 29.6 Å². The van der Waals surface area contributed by atoms with Gasteiger partial charge in [-0.05, 0) is 19.1 Å². The number of nitrogens with zero attached hydrogens (tertiary/aromatic N) is 3. The van der Waals surface area contributed by atoms with E-state index in [4.69, 9.17) is 4.74 Å². The maximum Gasteiger partial charge on any atom is 0.260 e. The minimum absolute atomic E-state index is 0.109. The molecule has 128 valence electrons. The number of ether oxygens (including phenoxy) is 1. The number of piperazine rings is 1. The van der Waals surface area contributed by atoms with Crippen LogP contribution in [-0.2, 0) is 11.3 Å². The summed E-state index contributed by atoms with van der Waals surface area (Å²) in [7, 11) is 0. The van der Waals surface area contributed by atoms with Crippen LogP contribution in [0.4, 0.5) is 4.39 Å². The van der Waals surface area contributed by atoms with E-state index in [0.29, 0.717) is 13.1 Å². The number of rotatable bonds is 5. The molecular formula is C17H20FN3O2S. The van der Waals surface area contributed by atoms with Gasteiger partial charge in [-0.2, -0.15) is 0 Å². The summed E-state index contributed by atoms with van der Waals surface area (Å²) in [5.74, 6) is -0.445. The van der Waals surface area contributed by atoms with E-state index in [1.54, 1.807) is 28.4 Å². The van der Waals surface area contributed by atoms with Crippen LogP contribution in [0.25, 0.3) is 0 Å². The first-order valence-corrected chi connectivity index (χ1v) is 8.78. The van der Waals surface area contributed by atoms with Crippen molar-refractivity contribution in [3.05, 3.63) is 46.2 Å². The van der Waals surface area contributed by atoms with Crippen LogP contribution in [0, 0.1) is 12.7 Å². The average Bonchev–Trinajstić information content (AvgIpc) is 2.99. The number of carbonyl (C=O) groups excluding carboxylic acids is 1. The van der Waals surface area contributed by atoms with Crippen molar-refractivity contribution in [3.8, 4) is 5.75 Å². The third-order valence-electron chi connectivity index (χ3n) is 3.96. The van der Waals surface area contributed by atoms with Crippen molar-refractivity contribution in [1.29, 1.82) is 0 Å². The van der Waals surface area contributed by atoms with Crippen molar-refractivity contribution >= 4 is 17.2 Å². The van der Waals surface area contributed by atoms with Crippen LogP contribution >= 0.6 is 11.3 Å². The van der Waals surface area contributed by atoms with Gasteiger partial charge in [-0.15, -0.1) is 11.3 Å². The Kier molecular flexibility index (Phi) is 5.42. The molecule has 0 bridgehead atoms. The Hall–Kier alpha value is -1.99. The average molecular weight is 349 g/mol. The van der Waals surface area contributed by atoms with E-state index < -0.39 is 5.82 Å². The van der Waals surface area contributed by atoms with Gasteiger partial charge in [0.2, 0.25) is 0 Å². The van der Waals surface area contributed by atoms with Gasteiger partial charge in [-0.3, -0.25) is 9.69 Å². The number of hydrogen-bond acceptors (Lipinski definition) is 5. The summed E-state index contributed by atoms with van der Waals surface area (Å²) in [4.78, 5) is 20.7. The molecule has 0 saturated carbocycles. The fraction of sp³-hybridized carbons (Fsp3) is 0.412. The largest absolute Gasteiger partial charge is 0.481 e. The Morgan fingerprint density at radius 2 is 2.04 bits per heavy atom. The second kappa shape index (κ2) is 7.72. The van der Waals surface area contributed by atoms with Gasteiger partial charge in [0.15, 0.2) is 18.2 Å². The minimum atomic E-state index is -0.450. The monoisotopic (exact) mass is 349 g/mol. The van der Waals surface area contributed by atoms with E-state index in [1.165, 1.54) is 12.1 Å². The lowest BCUT2D eigenvalue weighted by atomic mass is 10.3. The third-order valence-corrected chi connectivity index (χ3v) is 4.79. The number of aromatic nitrogens is 1. The molecule has 1 saturated heterocycles. The molecule has 3 rings (SSSR count). The van der Waals surface area contributed by atoms with Gasteiger partial charge < -0.3 is 9.64 Å². The van der Waals surface area contributed by atoms with Crippen molar-refractivity contribution in [2.24, 2.45) is 0 Å². The summed E-state index contributed by atoms with van der Waals surface area (Å²) in [6, 6.07) is 6.12. The standard InChI is InChI=1S/C17H20FN3O2S/c1-13-19-14(12-24-13)10-20-6-8-21(9-7-20)17(22)11-23-16-5-3-2-4-15(16)18/h2-5,12H,6-11H2,1H3. The molecule has 0 N–H and O–H groups in total. The summed E-state index contributed by atoms with van der Waals surface area (Å²) in [6.45, 7) is 5.61. The quantitative estimate of drug-likeness (QED) is 0.831. The van der Waals surface area contributed by atoms with E-state index in [1.807, 2.05) is 6.92 Å². The van der Waals surface area contributed by atoms with Gasteiger partial charge in [0.05, 0.1) is 10.7 Å². The van der Waals surface area contributed by atoms with Crippen LogP contribution in [0.5, 0.6) is 5.75 Å². The number of amides is 1. The fourth-order valence-corrected chi connectivity index (χ4v) is 3.26. The number of aryl methyl sites for hydroxylation is 1. The summed E-state index contributed by atoms with van der Waals surface area (Å²) in [5.41, 5.74) is 1.08. The first-order chi connectivity index (χ1) is 11.6. The smallest absolute Gasteiger partial charge is 0.260 e. The van der Waals surface area contributed by atoms with Gasteiger partial charge in [0, 0.05) is 38.1 Å². The SMILES string of the molecule is Cc1nc(CN2CCN(C(=O)COc3ccccc3F)CC2)cs1. The van der Waals surface area contributed by atoms with Crippen LogP contribution in [0.2, 0.25) is 0 Å². The van der Waals surface area contributed by atoms with Crippen LogP contribution in [0.3, 0.4) is 0 Å². The number of para-hydroxylation sites is 1. The van der Waals surface area contributed by atoms with Crippen molar-refractivity contribution in [1.82, 2.24) is 14.8 Å². The van der Waals surface area contributed by atoms with E-state index in [2.05, 4.69) is 15.3 Å². The number of hydrogen-bond donors (Lipinski definition) is 0. The molecule has 7 heteroatoms. The molecule has 1 aliphatic heterocycles. The van der Waals surface area contributed by atoms with Gasteiger partial charge in [-0.25, -0.2) is 9.37 Å². The highest BCUT2D eigenvalue weighted by Crippen LogP contribution is 2.16. The van der Waals surface area contributed by atoms with Crippen molar-refractivity contribution in [3.63, 3.8) is 0 Å². The minimum Gasteiger partial charge on any atom is -0.481 e. The Morgan fingerprint density at radius 3 is 2.71 bits per heavy atom. The summed E-state index contributed by atoms with van der Waals surface area (Å²) in [5, 5.41) is 3.15. The second-order valence-corrected chi connectivity index (χ2v) is 6.80. The Labute approximate surface area is 144 Å². The van der Waals surface area contributed by atoms with E-state index in [0.717, 1.165) is 30.3 Å². The Balaban J connectivity index is 1.44. The Bertz CT molecular complexity index is 699. The molecule has 0 radical (unpaired) electrons. The van der Waals surface area contributed by atoms with Crippen LogP contribution < -0.4 is 4.74 Å². The first-order valence-electron chi connectivity index (χ1n) is 7.90. The van der Waals surface area contributed by atoms with Crippen LogP contribution in [-0.4, -0.2) is 53.5 Å². The topological polar surface area (TPSA) is 45.7 Å². The third kappa shape index (κ3) is 4.30. The zero-order chi connectivity index (χ0) is 16.9. The normalized spacial score (nSPS) is 15.5. The molecule has 1 aliphatic rings. The number of benzene rings is 1. The van der Waals surface area contributed by atoms with Crippen molar-refractivity contribution in [2.45, 2.75) is 13.5 Å². The molecule has 5 nitrogen and oxygen atoms in total. The fourth-order valence-electron chi connectivity index (χ4n) is 2.66. The Morgan fingerprint density at radius 1 is 1.29 bits per heavy atom. The molecule has 0 spiro atoms. The molecule has 24 heavy (non-hydrogen) atoms. The highest BCUT2D eigenvalue weighted by atomic mass is 32.1. The second-order valence-electron chi connectivity index (χ2n) is 5.73. The zero-order valence-corrected chi connectivity index (χ0v) is 14.4. The maximum absolute atomic E-state index is 13.5. The lowest BCUT2D eigenvalue weighted by Crippen LogP contribution is -2.49. The number of halogens is 1. The molecular weight excluding hydrogens is 329 g/mol. The number of carbonyl (C=O) groups is 1. The zero-order valence-electron chi connectivity index (χ0n) is 13.6. The van der Waals surface area contributed by atoms with Gasteiger partial charge in [0.1, 0.15) is 0 Å². The van der Waals surface area contributed by atoms with E-state index in [9.17, 15) is 9.18 Å².